The first-order chi connectivity index (χ1) is 8.38. The first kappa shape index (κ1) is 14.1. The zero-order valence-electron chi connectivity index (χ0n) is 9.91. The summed E-state index contributed by atoms with van der Waals surface area (Å²) in [4.78, 5) is 16.0. The van der Waals surface area contributed by atoms with Gasteiger partial charge in [-0.15, -0.1) is 0 Å². The van der Waals surface area contributed by atoms with Crippen molar-refractivity contribution >= 4 is 15.9 Å². The second-order valence-corrected chi connectivity index (χ2v) is 5.31. The summed E-state index contributed by atoms with van der Waals surface area (Å²) in [5, 5.41) is 8.77. The van der Waals surface area contributed by atoms with Gasteiger partial charge in [0.05, 0.1) is 6.54 Å². The number of nitriles is 1. The minimum Gasteiger partial charge on any atom is -0.348 e. The maximum Gasteiger partial charge on any atom is 0.243 e. The van der Waals surface area contributed by atoms with Crippen LogP contribution in [0.5, 0.6) is 0 Å². The molecule has 0 aliphatic carbocycles. The van der Waals surface area contributed by atoms with Gasteiger partial charge in [0.2, 0.25) is 15.9 Å². The molecule has 1 rings (SSSR count). The van der Waals surface area contributed by atoms with Crippen LogP contribution in [0.25, 0.3) is 0 Å². The fourth-order valence-electron chi connectivity index (χ4n) is 1.08. The van der Waals surface area contributed by atoms with E-state index in [1.54, 1.807) is 6.07 Å². The van der Waals surface area contributed by atoms with Gasteiger partial charge in [-0.1, -0.05) is 0 Å². The van der Waals surface area contributed by atoms with Gasteiger partial charge in [0.25, 0.3) is 0 Å². The number of likely N-dealkylation sites (N-methyl/N-ethyl adjacent to an activating group) is 1. The van der Waals surface area contributed by atoms with Crippen molar-refractivity contribution in [2.24, 2.45) is 0 Å². The molecular weight excluding hydrogens is 256 g/mol. The Morgan fingerprint density at radius 1 is 1.56 bits per heavy atom. The number of hydrogen-bond acceptors (Lipinski definition) is 5. The first-order valence-corrected chi connectivity index (χ1v) is 6.41. The number of hydrogen-bond donors (Lipinski definition) is 1. The number of aromatic nitrogens is 1. The monoisotopic (exact) mass is 268 g/mol. The molecule has 96 valence electrons. The van der Waals surface area contributed by atoms with Gasteiger partial charge in [0.1, 0.15) is 11.0 Å². The maximum absolute atomic E-state index is 11.9. The van der Waals surface area contributed by atoms with Gasteiger partial charge >= 0.3 is 0 Å². The second kappa shape index (κ2) is 5.57. The molecule has 0 spiro atoms. The van der Waals surface area contributed by atoms with Gasteiger partial charge in [0, 0.05) is 20.3 Å². The highest BCUT2D eigenvalue weighted by atomic mass is 32.2. The number of carbonyl (C=O) groups excluding carboxylic acids is 1. The van der Waals surface area contributed by atoms with Crippen molar-refractivity contribution in [2.45, 2.75) is 4.90 Å². The van der Waals surface area contributed by atoms with Crippen molar-refractivity contribution in [3.63, 3.8) is 0 Å². The number of sulfonamides is 1. The Morgan fingerprint density at radius 2 is 2.22 bits per heavy atom. The molecule has 0 unspecified atom stereocenters. The molecule has 7 nitrogen and oxygen atoms in total. The molecule has 8 heteroatoms. The van der Waals surface area contributed by atoms with E-state index < -0.39 is 10.0 Å². The van der Waals surface area contributed by atoms with Crippen LogP contribution < -0.4 is 4.72 Å². The number of nitrogens with zero attached hydrogens (tertiary/aromatic N) is 3. The van der Waals surface area contributed by atoms with Crippen LogP contribution >= 0.6 is 0 Å². The predicted octanol–water partition coefficient (Wildman–Crippen LogP) is -0.680. The van der Waals surface area contributed by atoms with Gasteiger partial charge in [0.15, 0.2) is 5.69 Å². The average Bonchev–Trinajstić information content (AvgIpc) is 2.35. The Balaban J connectivity index is 2.95. The van der Waals surface area contributed by atoms with E-state index in [2.05, 4.69) is 9.71 Å². The van der Waals surface area contributed by atoms with Crippen molar-refractivity contribution in [1.29, 1.82) is 5.26 Å². The SMILES string of the molecule is CN(C)C(=O)CNS(=O)(=O)c1cccnc1C#N. The molecule has 1 aromatic rings. The largest absolute Gasteiger partial charge is 0.348 e. The van der Waals surface area contributed by atoms with E-state index in [-0.39, 0.29) is 23.0 Å². The van der Waals surface area contributed by atoms with Gasteiger partial charge in [-0.25, -0.2) is 18.1 Å². The van der Waals surface area contributed by atoms with Gasteiger partial charge < -0.3 is 4.90 Å². The molecule has 0 aliphatic rings. The minimum absolute atomic E-state index is 0.206. The normalized spacial score (nSPS) is 10.7. The minimum atomic E-state index is -3.91. The lowest BCUT2D eigenvalue weighted by atomic mass is 10.4. The number of rotatable bonds is 4. The molecule has 1 N–H and O–H groups in total. The van der Waals surface area contributed by atoms with Crippen LogP contribution in [0, 0.1) is 11.3 Å². The molecule has 0 bridgehead atoms. The maximum atomic E-state index is 11.9. The number of carbonyl (C=O) groups is 1. The number of pyridine rings is 1. The third kappa shape index (κ3) is 3.26. The molecule has 0 saturated heterocycles. The zero-order chi connectivity index (χ0) is 13.8. The molecule has 1 heterocycles. The van der Waals surface area contributed by atoms with Gasteiger partial charge in [-0.05, 0) is 12.1 Å². The number of nitrogens with one attached hydrogen (secondary N) is 1. The van der Waals surface area contributed by atoms with Crippen molar-refractivity contribution in [2.75, 3.05) is 20.6 Å². The smallest absolute Gasteiger partial charge is 0.243 e. The highest BCUT2D eigenvalue weighted by Gasteiger charge is 2.20. The van der Waals surface area contributed by atoms with E-state index in [4.69, 9.17) is 5.26 Å². The van der Waals surface area contributed by atoms with Crippen LogP contribution in [0.2, 0.25) is 0 Å². The summed E-state index contributed by atoms with van der Waals surface area (Å²) in [5.41, 5.74) is -0.206. The van der Waals surface area contributed by atoms with Crippen LogP contribution in [0.3, 0.4) is 0 Å². The van der Waals surface area contributed by atoms with Crippen LogP contribution in [0.4, 0.5) is 0 Å². The summed E-state index contributed by atoms with van der Waals surface area (Å²) >= 11 is 0. The van der Waals surface area contributed by atoms with Crippen LogP contribution in [-0.4, -0.2) is 44.8 Å². The van der Waals surface area contributed by atoms with E-state index in [0.29, 0.717) is 0 Å². The van der Waals surface area contributed by atoms with E-state index in [0.717, 1.165) is 0 Å². The fraction of sp³-hybridized carbons (Fsp3) is 0.300. The Kier molecular flexibility index (Phi) is 4.36. The lowest BCUT2D eigenvalue weighted by molar-refractivity contribution is -0.127. The molecule has 0 fully saturated rings. The Hall–Kier alpha value is -1.98. The van der Waals surface area contributed by atoms with E-state index in [1.807, 2.05) is 0 Å². The molecule has 0 saturated carbocycles. The van der Waals surface area contributed by atoms with Crippen molar-refractivity contribution in [3.05, 3.63) is 24.0 Å². The lowest BCUT2D eigenvalue weighted by Crippen LogP contribution is -2.36. The zero-order valence-corrected chi connectivity index (χ0v) is 10.7. The van der Waals surface area contributed by atoms with E-state index in [1.165, 1.54) is 37.3 Å². The molecule has 0 aromatic carbocycles. The van der Waals surface area contributed by atoms with E-state index >= 15 is 0 Å². The van der Waals surface area contributed by atoms with Crippen molar-refractivity contribution in [1.82, 2.24) is 14.6 Å². The summed E-state index contributed by atoms with van der Waals surface area (Å²) in [6.45, 7) is -0.366. The molecule has 0 aliphatic heterocycles. The third-order valence-corrected chi connectivity index (χ3v) is 3.51. The molecule has 1 aromatic heterocycles. The summed E-state index contributed by atoms with van der Waals surface area (Å²) < 4.78 is 25.9. The summed E-state index contributed by atoms with van der Waals surface area (Å²) in [6, 6.07) is 4.35. The van der Waals surface area contributed by atoms with Gasteiger partial charge in [-0.2, -0.15) is 5.26 Å². The topological polar surface area (TPSA) is 103 Å². The molecule has 18 heavy (non-hydrogen) atoms. The fourth-order valence-corrected chi connectivity index (χ4v) is 2.16. The Labute approximate surface area is 105 Å². The van der Waals surface area contributed by atoms with Crippen molar-refractivity contribution < 1.29 is 13.2 Å². The summed E-state index contributed by atoms with van der Waals surface area (Å²) in [5.74, 6) is -0.388. The summed E-state index contributed by atoms with van der Waals surface area (Å²) in [6.07, 6.45) is 1.32. The average molecular weight is 268 g/mol. The molecule has 0 atom stereocenters. The third-order valence-electron chi connectivity index (χ3n) is 2.08. The Morgan fingerprint density at radius 3 is 2.78 bits per heavy atom. The predicted molar refractivity (Wildman–Crippen MR) is 62.8 cm³/mol. The lowest BCUT2D eigenvalue weighted by Gasteiger charge is -2.11. The highest BCUT2D eigenvalue weighted by molar-refractivity contribution is 7.89. The molecule has 0 radical (unpaired) electrons. The van der Waals surface area contributed by atoms with Gasteiger partial charge in [-0.3, -0.25) is 4.79 Å². The first-order valence-electron chi connectivity index (χ1n) is 4.93. The quantitative estimate of drug-likeness (QED) is 0.779. The summed E-state index contributed by atoms with van der Waals surface area (Å²) in [7, 11) is -0.884. The van der Waals surface area contributed by atoms with Crippen LogP contribution in [-0.2, 0) is 14.8 Å². The standard InChI is InChI=1S/C10H12N4O3S/c1-14(2)10(15)7-13-18(16,17)9-4-3-5-12-8(9)6-11/h3-5,13H,7H2,1-2H3. The molecular formula is C10H12N4O3S. The highest BCUT2D eigenvalue weighted by Crippen LogP contribution is 2.11. The van der Waals surface area contributed by atoms with Crippen LogP contribution in [0.15, 0.2) is 23.2 Å². The number of amides is 1. The van der Waals surface area contributed by atoms with Crippen LogP contribution in [0.1, 0.15) is 5.69 Å². The Bertz CT molecular complexity index is 589. The van der Waals surface area contributed by atoms with E-state index in [9.17, 15) is 13.2 Å². The van der Waals surface area contributed by atoms with Crippen molar-refractivity contribution in [3.8, 4) is 6.07 Å². The molecule has 1 amide bonds. The second-order valence-electron chi connectivity index (χ2n) is 3.57.